The molecule has 0 rings (SSSR count). The quantitative estimate of drug-likeness (QED) is 0.502. The minimum atomic E-state index is 1.95. The van der Waals surface area contributed by atoms with E-state index in [4.69, 9.17) is 3.87 Å². The second-order valence-corrected chi connectivity index (χ2v) is 0. The van der Waals surface area contributed by atoms with Crippen LogP contribution in [0.5, 0.6) is 0 Å². The molecule has 0 atom stereocenters. The predicted molar refractivity (Wildman–Crippen MR) is 6.55 cm³/mol. The van der Waals surface area contributed by atoms with Crippen molar-refractivity contribution in [1.82, 2.24) is 0 Å². The molecule has 0 aliphatic rings. The molecule has 0 amide bonds. The summed E-state index contributed by atoms with van der Waals surface area (Å²) in [4.78, 5) is 0. The first-order chi connectivity index (χ1) is 2.00. The summed E-state index contributed by atoms with van der Waals surface area (Å²) >= 11 is 4.26. The van der Waals surface area contributed by atoms with Crippen molar-refractivity contribution in [3.8, 4) is 0 Å². The summed E-state index contributed by atoms with van der Waals surface area (Å²) < 4.78 is 7.94. The maximum absolute atomic E-state index is 7.94. The molecule has 28 valence electrons. The van der Waals surface area contributed by atoms with Crippen molar-refractivity contribution in [1.29, 1.82) is 0 Å². The van der Waals surface area contributed by atoms with Crippen LogP contribution < -0.4 is 0 Å². The predicted octanol–water partition coefficient (Wildman–Crippen LogP) is 0.460. The monoisotopic (exact) mass is 188 g/mol. The standard InChI is InChI=1S/CH3.Co.Mo.O/h1H3;;;. The van der Waals surface area contributed by atoms with Crippen LogP contribution in [-0.2, 0) is 39.3 Å². The van der Waals surface area contributed by atoms with Gasteiger partial charge in [0.15, 0.2) is 0 Å². The molecule has 0 aromatic heterocycles. The summed E-state index contributed by atoms with van der Waals surface area (Å²) in [5.41, 5.74) is 0. The van der Waals surface area contributed by atoms with Crippen LogP contribution in [0.4, 0.5) is 0 Å². The molecule has 0 aliphatic heterocycles. The Labute approximate surface area is 44.8 Å². The zero-order valence-electron chi connectivity index (χ0n) is 2.15. The molecular weight excluding hydrogens is 183 g/mol. The van der Waals surface area contributed by atoms with Gasteiger partial charge >= 0.3 is 44.7 Å². The maximum atomic E-state index is 7.94. The van der Waals surface area contributed by atoms with Crippen molar-refractivity contribution < 1.29 is 39.3 Å². The molecule has 0 aromatic carbocycles. The van der Waals surface area contributed by atoms with Gasteiger partial charge in [-0.3, -0.25) is 0 Å². The molecule has 0 saturated heterocycles. The van der Waals surface area contributed by atoms with Gasteiger partial charge in [-0.2, -0.15) is 0 Å². The van der Waals surface area contributed by atoms with E-state index in [1.807, 2.05) is 25.1 Å². The third-order valence-electron chi connectivity index (χ3n) is 0. The van der Waals surface area contributed by atoms with Crippen LogP contribution in [0.15, 0.2) is 0 Å². The molecule has 0 aromatic rings. The van der Waals surface area contributed by atoms with Crippen LogP contribution >= 0.6 is 0 Å². The van der Waals surface area contributed by atoms with Crippen molar-refractivity contribution in [2.45, 2.75) is 5.31 Å². The van der Waals surface area contributed by atoms with Gasteiger partial charge in [-0.1, -0.05) is 0 Å². The fourth-order valence-electron chi connectivity index (χ4n) is 0. The molecule has 0 aliphatic carbocycles. The van der Waals surface area contributed by atoms with Crippen LogP contribution in [0.2, 0.25) is 5.31 Å². The number of hydrogen-bond acceptors (Lipinski definition) is 1. The topological polar surface area (TPSA) is 17.1 Å². The zero-order chi connectivity index (χ0) is 4.00. The first-order valence-corrected chi connectivity index (χ1v) is 2.98. The van der Waals surface area contributed by atoms with Crippen molar-refractivity contribution in [3.63, 3.8) is 0 Å². The molecule has 4 heavy (non-hydrogen) atoms. The fourth-order valence-corrected chi connectivity index (χ4v) is 0. The van der Waals surface area contributed by atoms with Crippen molar-refractivity contribution in [2.75, 3.05) is 0 Å². The van der Waals surface area contributed by atoms with Gasteiger partial charge in [0.25, 0.3) is 0 Å². The molecule has 0 N–H and O–H groups in total. The Kier molecular flexibility index (Phi) is 80.4. The Morgan fingerprint density at radius 1 is 1.50 bits per heavy atom. The third-order valence-corrected chi connectivity index (χ3v) is 0. The first kappa shape index (κ1) is 8.89. The molecule has 0 fully saturated rings. The average Bonchev–Trinajstić information content (AvgIpc) is 1.50. The summed E-state index contributed by atoms with van der Waals surface area (Å²) in [6, 6.07) is 0. The second-order valence-electron chi connectivity index (χ2n) is 0. The molecule has 3 heteroatoms. The molecule has 0 bridgehead atoms. The zero-order valence-corrected chi connectivity index (χ0v) is 5.20. The Bertz CT molecular complexity index is 8.00. The Morgan fingerprint density at radius 2 is 1.50 bits per heavy atom. The van der Waals surface area contributed by atoms with Crippen molar-refractivity contribution in [2.24, 2.45) is 0 Å². The number of rotatable bonds is 0. The molecule has 0 heterocycles. The Hall–Kier alpha value is 0.995. The van der Waals surface area contributed by atoms with E-state index < -0.39 is 0 Å². The fraction of sp³-hybridized carbons (Fsp3) is 1.00. The average molecular weight is 186 g/mol. The van der Waals surface area contributed by atoms with E-state index in [0.29, 0.717) is 0 Å². The van der Waals surface area contributed by atoms with Gasteiger partial charge in [0.1, 0.15) is 0 Å². The van der Waals surface area contributed by atoms with Crippen LogP contribution in [-0.4, -0.2) is 0 Å². The van der Waals surface area contributed by atoms with Crippen LogP contribution in [0.3, 0.4) is 0 Å². The van der Waals surface area contributed by atoms with Gasteiger partial charge < -0.3 is 0 Å². The SMILES string of the molecule is [CH3][Mo].[O]=[Co]. The summed E-state index contributed by atoms with van der Waals surface area (Å²) in [7, 11) is 0. The van der Waals surface area contributed by atoms with Crippen molar-refractivity contribution in [3.05, 3.63) is 0 Å². The number of hydrogen-bond donors (Lipinski definition) is 0. The van der Waals surface area contributed by atoms with Gasteiger partial charge in [-0.25, -0.2) is 0 Å². The van der Waals surface area contributed by atoms with E-state index >= 15 is 0 Å². The van der Waals surface area contributed by atoms with Crippen molar-refractivity contribution >= 4 is 0 Å². The molecule has 0 saturated carbocycles. The van der Waals surface area contributed by atoms with E-state index in [1.165, 1.54) is 0 Å². The molecule has 0 radical (unpaired) electrons. The van der Waals surface area contributed by atoms with E-state index in [9.17, 15) is 0 Å². The van der Waals surface area contributed by atoms with Gasteiger partial charge in [-0.05, 0) is 0 Å². The Balaban J connectivity index is 0. The minimum absolute atomic E-state index is 1.95. The molecular formula is CH3CoMoO. The van der Waals surface area contributed by atoms with E-state index in [1.54, 1.807) is 0 Å². The summed E-state index contributed by atoms with van der Waals surface area (Å²) in [6.45, 7) is 0. The normalized spacial score (nSPS) is 2.50. The Morgan fingerprint density at radius 3 is 1.50 bits per heavy atom. The third kappa shape index (κ3) is 12.0. The summed E-state index contributed by atoms with van der Waals surface area (Å²) in [5, 5.41) is 2.01. The van der Waals surface area contributed by atoms with Gasteiger partial charge in [0.2, 0.25) is 0 Å². The van der Waals surface area contributed by atoms with Crippen LogP contribution in [0.25, 0.3) is 0 Å². The second kappa shape index (κ2) is 36.2. The summed E-state index contributed by atoms with van der Waals surface area (Å²) in [5.74, 6) is 0. The van der Waals surface area contributed by atoms with Crippen LogP contribution in [0, 0.1) is 0 Å². The van der Waals surface area contributed by atoms with E-state index in [0.717, 1.165) is 0 Å². The van der Waals surface area contributed by atoms with Gasteiger partial charge in [0.05, 0.1) is 0 Å². The molecule has 1 nitrogen and oxygen atoms in total. The molecule has 0 unspecified atom stereocenters. The van der Waals surface area contributed by atoms with Crippen LogP contribution in [0.1, 0.15) is 0 Å². The van der Waals surface area contributed by atoms with Gasteiger partial charge in [0, 0.05) is 0 Å². The molecule has 0 spiro atoms. The van der Waals surface area contributed by atoms with Gasteiger partial charge in [-0.15, -0.1) is 0 Å². The van der Waals surface area contributed by atoms with E-state index in [2.05, 4.69) is 15.7 Å². The summed E-state index contributed by atoms with van der Waals surface area (Å²) in [6.07, 6.45) is 0. The van der Waals surface area contributed by atoms with E-state index in [-0.39, 0.29) is 0 Å². The first-order valence-electron chi connectivity index (χ1n) is 0.544.